The van der Waals surface area contributed by atoms with Gasteiger partial charge in [-0.1, -0.05) is 5.16 Å². The summed E-state index contributed by atoms with van der Waals surface area (Å²) < 4.78 is 10.5. The molecule has 1 aromatic heterocycles. The zero-order valence-electron chi connectivity index (χ0n) is 9.64. The zero-order valence-corrected chi connectivity index (χ0v) is 10.5. The summed E-state index contributed by atoms with van der Waals surface area (Å²) in [5, 5.41) is 13.6. The molecule has 2 unspecified atom stereocenters. The van der Waals surface area contributed by atoms with Crippen LogP contribution in [0.5, 0.6) is 0 Å². The molecule has 0 saturated carbocycles. The molecule has 2 atom stereocenters. The van der Waals surface area contributed by atoms with E-state index >= 15 is 0 Å². The summed E-state index contributed by atoms with van der Waals surface area (Å²) in [7, 11) is 1.61. The van der Waals surface area contributed by atoms with Gasteiger partial charge in [-0.3, -0.25) is 0 Å². The van der Waals surface area contributed by atoms with Gasteiger partial charge in [0.25, 0.3) is 0 Å². The van der Waals surface area contributed by atoms with Gasteiger partial charge in [0.15, 0.2) is 0 Å². The van der Waals surface area contributed by atoms with Gasteiger partial charge in [-0.2, -0.15) is 16.7 Å². The first-order valence-corrected chi connectivity index (χ1v) is 6.35. The minimum Gasteiger partial charge on any atom is -0.391 e. The van der Waals surface area contributed by atoms with Gasteiger partial charge in [0.05, 0.1) is 12.0 Å². The van der Waals surface area contributed by atoms with Crippen molar-refractivity contribution in [3.8, 4) is 0 Å². The van der Waals surface area contributed by atoms with Crippen LogP contribution in [0.25, 0.3) is 0 Å². The number of hydrogen-bond acceptors (Lipinski definition) is 6. The Morgan fingerprint density at radius 2 is 2.25 bits per heavy atom. The molecular weight excluding hydrogens is 228 g/mol. The van der Waals surface area contributed by atoms with E-state index in [0.29, 0.717) is 11.7 Å². The number of nitrogens with zero attached hydrogens (tertiary/aromatic N) is 2. The lowest BCUT2D eigenvalue weighted by molar-refractivity contribution is 0.00973. The molecule has 90 valence electrons. The third kappa shape index (κ3) is 2.09. The maximum absolute atomic E-state index is 9.73. The fourth-order valence-electron chi connectivity index (χ4n) is 1.50. The summed E-state index contributed by atoms with van der Waals surface area (Å²) in [6.45, 7) is 3.75. The van der Waals surface area contributed by atoms with Gasteiger partial charge in [-0.15, -0.1) is 0 Å². The maximum Gasteiger partial charge on any atom is 0.233 e. The topological polar surface area (TPSA) is 68.4 Å². The number of methoxy groups -OCH3 is 1. The molecule has 16 heavy (non-hydrogen) atoms. The lowest BCUT2D eigenvalue weighted by Crippen LogP contribution is -2.22. The van der Waals surface area contributed by atoms with Crippen LogP contribution in [0.3, 0.4) is 0 Å². The molecular formula is C10H16N2O3S. The van der Waals surface area contributed by atoms with Crippen LogP contribution in [-0.4, -0.2) is 40.0 Å². The first-order chi connectivity index (χ1) is 7.54. The van der Waals surface area contributed by atoms with E-state index in [1.807, 2.05) is 13.8 Å². The normalized spacial score (nSPS) is 26.2. The summed E-state index contributed by atoms with van der Waals surface area (Å²) in [5.74, 6) is 2.55. The largest absolute Gasteiger partial charge is 0.391 e. The van der Waals surface area contributed by atoms with Crippen LogP contribution < -0.4 is 0 Å². The number of hydrogen-bond donors (Lipinski definition) is 1. The average Bonchev–Trinajstić information content (AvgIpc) is 2.85. The van der Waals surface area contributed by atoms with E-state index in [4.69, 9.17) is 9.26 Å². The lowest BCUT2D eigenvalue weighted by atomic mass is 10.1. The Hall–Kier alpha value is -0.590. The quantitative estimate of drug-likeness (QED) is 0.860. The van der Waals surface area contributed by atoms with Crippen molar-refractivity contribution >= 4 is 11.8 Å². The van der Waals surface area contributed by atoms with Crippen molar-refractivity contribution in [1.82, 2.24) is 10.1 Å². The number of rotatable bonds is 3. The molecule has 1 aromatic rings. The van der Waals surface area contributed by atoms with Crippen molar-refractivity contribution in [1.29, 1.82) is 0 Å². The van der Waals surface area contributed by atoms with E-state index < -0.39 is 5.60 Å². The van der Waals surface area contributed by atoms with Crippen molar-refractivity contribution < 1.29 is 14.4 Å². The van der Waals surface area contributed by atoms with Crippen LogP contribution in [0.15, 0.2) is 4.52 Å². The van der Waals surface area contributed by atoms with Crippen LogP contribution in [0.1, 0.15) is 31.5 Å². The highest BCUT2D eigenvalue weighted by molar-refractivity contribution is 7.99. The van der Waals surface area contributed by atoms with E-state index in [-0.39, 0.29) is 12.0 Å². The summed E-state index contributed by atoms with van der Waals surface area (Å²) in [6.07, 6.45) is -0.385. The Kier molecular flexibility index (Phi) is 3.23. The molecule has 6 heteroatoms. The smallest absolute Gasteiger partial charge is 0.233 e. The predicted molar refractivity (Wildman–Crippen MR) is 60.4 cm³/mol. The summed E-state index contributed by atoms with van der Waals surface area (Å²) in [6, 6.07) is 0. The molecule has 1 aliphatic rings. The molecule has 0 bridgehead atoms. The molecule has 1 saturated heterocycles. The van der Waals surface area contributed by atoms with Crippen LogP contribution in [0.2, 0.25) is 0 Å². The number of aliphatic hydroxyl groups is 1. The van der Waals surface area contributed by atoms with Crippen LogP contribution in [0.4, 0.5) is 0 Å². The van der Waals surface area contributed by atoms with Gasteiger partial charge in [-0.05, 0) is 13.8 Å². The van der Waals surface area contributed by atoms with Crippen molar-refractivity contribution in [2.45, 2.75) is 31.5 Å². The fraction of sp³-hybridized carbons (Fsp3) is 0.800. The van der Waals surface area contributed by atoms with Gasteiger partial charge in [0, 0.05) is 18.6 Å². The van der Waals surface area contributed by atoms with Crippen molar-refractivity contribution in [2.24, 2.45) is 0 Å². The minimum atomic E-state index is -0.557. The van der Waals surface area contributed by atoms with Gasteiger partial charge in [-0.25, -0.2) is 0 Å². The molecule has 0 aromatic carbocycles. The van der Waals surface area contributed by atoms with E-state index in [1.165, 1.54) is 0 Å². The van der Waals surface area contributed by atoms with Gasteiger partial charge in [0.2, 0.25) is 11.7 Å². The van der Waals surface area contributed by atoms with Gasteiger partial charge < -0.3 is 14.4 Å². The molecule has 0 spiro atoms. The second-order valence-electron chi connectivity index (χ2n) is 4.38. The van der Waals surface area contributed by atoms with E-state index in [1.54, 1.807) is 18.9 Å². The SMILES string of the molecule is COC(C)(C)c1noc(C2CSCC2O)n1. The lowest BCUT2D eigenvalue weighted by Gasteiger charge is -2.17. The Morgan fingerprint density at radius 3 is 2.81 bits per heavy atom. The predicted octanol–water partition coefficient (Wildman–Crippen LogP) is 1.14. The average molecular weight is 244 g/mol. The second kappa shape index (κ2) is 4.35. The standard InChI is InChI=1S/C10H16N2O3S/c1-10(2,14-3)9-11-8(15-12-9)6-4-16-5-7(6)13/h6-7,13H,4-5H2,1-3H3. The summed E-state index contributed by atoms with van der Waals surface area (Å²) in [4.78, 5) is 4.31. The highest BCUT2D eigenvalue weighted by atomic mass is 32.2. The number of ether oxygens (including phenoxy) is 1. The molecule has 0 aliphatic carbocycles. The fourth-order valence-corrected chi connectivity index (χ4v) is 2.73. The van der Waals surface area contributed by atoms with Crippen molar-refractivity contribution in [3.63, 3.8) is 0 Å². The van der Waals surface area contributed by atoms with Crippen molar-refractivity contribution in [3.05, 3.63) is 11.7 Å². The van der Waals surface area contributed by atoms with Crippen LogP contribution in [0, 0.1) is 0 Å². The first-order valence-electron chi connectivity index (χ1n) is 5.19. The summed E-state index contributed by atoms with van der Waals surface area (Å²) >= 11 is 1.70. The third-order valence-corrected chi connectivity index (χ3v) is 4.03. The minimum absolute atomic E-state index is 0.0427. The van der Waals surface area contributed by atoms with Crippen LogP contribution >= 0.6 is 11.8 Å². The second-order valence-corrected chi connectivity index (χ2v) is 5.46. The number of aliphatic hydroxyl groups excluding tert-OH is 1. The zero-order chi connectivity index (χ0) is 11.8. The highest BCUT2D eigenvalue weighted by Crippen LogP contribution is 2.33. The first kappa shape index (κ1) is 11.9. The van der Waals surface area contributed by atoms with E-state index in [0.717, 1.165) is 11.5 Å². The molecule has 2 heterocycles. The van der Waals surface area contributed by atoms with E-state index in [2.05, 4.69) is 10.1 Å². The highest BCUT2D eigenvalue weighted by Gasteiger charge is 2.34. The molecule has 2 rings (SSSR count). The Bertz CT molecular complexity index is 367. The third-order valence-electron chi connectivity index (χ3n) is 2.86. The summed E-state index contributed by atoms with van der Waals surface area (Å²) in [5.41, 5.74) is -0.557. The van der Waals surface area contributed by atoms with Crippen LogP contribution in [-0.2, 0) is 10.3 Å². The number of thioether (sulfide) groups is 1. The molecule has 1 N–H and O–H groups in total. The Labute approximate surface area is 98.6 Å². The Morgan fingerprint density at radius 1 is 1.50 bits per heavy atom. The van der Waals surface area contributed by atoms with Gasteiger partial charge in [0.1, 0.15) is 5.60 Å². The molecule has 5 nitrogen and oxygen atoms in total. The van der Waals surface area contributed by atoms with Gasteiger partial charge >= 0.3 is 0 Å². The Balaban J connectivity index is 2.19. The molecule has 0 amide bonds. The van der Waals surface area contributed by atoms with Crippen molar-refractivity contribution in [2.75, 3.05) is 18.6 Å². The number of aromatic nitrogens is 2. The maximum atomic E-state index is 9.73. The molecule has 1 aliphatic heterocycles. The van der Waals surface area contributed by atoms with E-state index in [9.17, 15) is 5.11 Å². The monoisotopic (exact) mass is 244 g/mol. The molecule has 1 fully saturated rings. The molecule has 0 radical (unpaired) electrons.